The molecule has 0 aliphatic carbocycles. The molecule has 0 saturated carbocycles. The number of rotatable bonds is 2. The number of hydrogen-bond donors (Lipinski definition) is 0. The van der Waals surface area contributed by atoms with Crippen molar-refractivity contribution in [1.82, 2.24) is 4.90 Å². The Hall–Kier alpha value is -0.673. The van der Waals surface area contributed by atoms with Gasteiger partial charge in [-0.2, -0.15) is 0 Å². The fourth-order valence-corrected chi connectivity index (χ4v) is 6.15. The maximum absolute atomic E-state index is 5.51. The third-order valence-corrected chi connectivity index (χ3v) is 6.63. The molecule has 0 unspecified atom stereocenters. The first-order valence-corrected chi connectivity index (χ1v) is 9.73. The summed E-state index contributed by atoms with van der Waals surface area (Å²) in [5.41, 5.74) is 2.03. The highest BCUT2D eigenvalue weighted by molar-refractivity contribution is 7.80. The van der Waals surface area contributed by atoms with Gasteiger partial charge in [0.05, 0.1) is 19.1 Å². The van der Waals surface area contributed by atoms with Crippen LogP contribution in [-0.4, -0.2) is 25.0 Å². The number of thiocarbonyl (C=S) groups is 1. The topological polar surface area (TPSA) is 3.24 Å². The Bertz CT molecular complexity index is 396. The molecule has 0 bridgehead atoms. The molecule has 1 heterocycles. The lowest BCUT2D eigenvalue weighted by Crippen LogP contribution is -2.56. The van der Waals surface area contributed by atoms with Crippen LogP contribution in [0.5, 0.6) is 0 Å². The van der Waals surface area contributed by atoms with Crippen LogP contribution >= 0.6 is 12.2 Å². The zero-order valence-electron chi connectivity index (χ0n) is 10.4. The van der Waals surface area contributed by atoms with Crippen molar-refractivity contribution in [3.63, 3.8) is 0 Å². The van der Waals surface area contributed by atoms with Crippen LogP contribution < -0.4 is 0 Å². The van der Waals surface area contributed by atoms with Gasteiger partial charge in [0.1, 0.15) is 0 Å². The average Bonchev–Trinajstić information content (AvgIpc) is 2.23. The maximum Gasteiger partial charge on any atom is 0.0809 e. The third kappa shape index (κ3) is 1.82. The van der Waals surface area contributed by atoms with Gasteiger partial charge in [-0.3, -0.25) is 0 Å². The van der Waals surface area contributed by atoms with Crippen molar-refractivity contribution in [2.45, 2.75) is 31.2 Å². The summed E-state index contributed by atoms with van der Waals surface area (Å²) in [6.07, 6.45) is 0. The minimum atomic E-state index is -1.21. The summed E-state index contributed by atoms with van der Waals surface area (Å²) < 4.78 is 0. The van der Waals surface area contributed by atoms with E-state index in [-0.39, 0.29) is 0 Å². The van der Waals surface area contributed by atoms with Gasteiger partial charge in [-0.25, -0.2) is 0 Å². The van der Waals surface area contributed by atoms with Gasteiger partial charge in [0.15, 0.2) is 0 Å². The molecular weight excluding hydrogens is 230 g/mol. The molecule has 16 heavy (non-hydrogen) atoms. The normalized spacial score (nSPS) is 25.5. The molecule has 1 aliphatic rings. The molecule has 2 rings (SSSR count). The van der Waals surface area contributed by atoms with Crippen LogP contribution in [0, 0.1) is 0 Å². The first-order chi connectivity index (χ1) is 7.43. The summed E-state index contributed by atoms with van der Waals surface area (Å²) in [6.45, 7) is 7.23. The molecule has 1 aliphatic heterocycles. The number of likely N-dealkylation sites (tertiary alicyclic amines) is 1. The van der Waals surface area contributed by atoms with Crippen molar-refractivity contribution in [2.75, 3.05) is 7.05 Å². The van der Waals surface area contributed by atoms with E-state index in [1.165, 1.54) is 5.56 Å². The first-order valence-electron chi connectivity index (χ1n) is 5.74. The Morgan fingerprint density at radius 3 is 2.19 bits per heavy atom. The van der Waals surface area contributed by atoms with E-state index in [1.54, 1.807) is 0 Å². The van der Waals surface area contributed by atoms with E-state index in [2.05, 4.69) is 61.9 Å². The number of nitrogens with zero attached hydrogens (tertiary/aromatic N) is 1. The van der Waals surface area contributed by atoms with Crippen molar-refractivity contribution in [1.29, 1.82) is 0 Å². The molecule has 0 amide bonds. The fourth-order valence-electron chi connectivity index (χ4n) is 2.54. The second-order valence-electron chi connectivity index (χ2n) is 5.65. The van der Waals surface area contributed by atoms with Crippen molar-refractivity contribution in [3.05, 3.63) is 35.9 Å². The van der Waals surface area contributed by atoms with Crippen LogP contribution in [0.2, 0.25) is 25.2 Å². The average molecular weight is 249 g/mol. The molecule has 0 radical (unpaired) electrons. The molecule has 0 spiro atoms. The van der Waals surface area contributed by atoms with Crippen LogP contribution in [-0.2, 0) is 0 Å². The van der Waals surface area contributed by atoms with Crippen molar-refractivity contribution in [2.24, 2.45) is 0 Å². The van der Waals surface area contributed by atoms with Crippen LogP contribution in [0.15, 0.2) is 30.3 Å². The van der Waals surface area contributed by atoms with Gasteiger partial charge in [-0.15, -0.1) is 0 Å². The van der Waals surface area contributed by atoms with E-state index < -0.39 is 8.07 Å². The number of benzene rings is 1. The quantitative estimate of drug-likeness (QED) is 0.581. The summed E-state index contributed by atoms with van der Waals surface area (Å²) in [4.78, 5) is 3.42. The highest BCUT2D eigenvalue weighted by Gasteiger charge is 2.49. The Morgan fingerprint density at radius 1 is 1.12 bits per heavy atom. The SMILES string of the molecule is CN1C(=S)[C@@H]([Si](C)(C)C)[C@@H]1c1ccccc1. The Labute approximate surface area is 104 Å². The molecule has 86 valence electrons. The lowest BCUT2D eigenvalue weighted by atomic mass is 9.95. The monoisotopic (exact) mass is 249 g/mol. The van der Waals surface area contributed by atoms with Gasteiger partial charge >= 0.3 is 0 Å². The van der Waals surface area contributed by atoms with Crippen molar-refractivity contribution >= 4 is 25.3 Å². The maximum atomic E-state index is 5.51. The predicted molar refractivity (Wildman–Crippen MR) is 76.6 cm³/mol. The molecule has 1 aromatic carbocycles. The predicted octanol–water partition coefficient (Wildman–Crippen LogP) is 3.71. The van der Waals surface area contributed by atoms with Gasteiger partial charge in [0.25, 0.3) is 0 Å². The van der Waals surface area contributed by atoms with E-state index in [9.17, 15) is 0 Å². The summed E-state index contributed by atoms with van der Waals surface area (Å²) >= 11 is 5.51. The van der Waals surface area contributed by atoms with E-state index in [0.717, 1.165) is 4.99 Å². The molecule has 1 nitrogen and oxygen atoms in total. The Morgan fingerprint density at radius 2 is 1.69 bits per heavy atom. The summed E-state index contributed by atoms with van der Waals surface area (Å²) in [5, 5.41) is 0. The largest absolute Gasteiger partial charge is 0.362 e. The molecule has 1 aromatic rings. The van der Waals surface area contributed by atoms with E-state index >= 15 is 0 Å². The highest BCUT2D eigenvalue weighted by Crippen LogP contribution is 2.49. The summed E-state index contributed by atoms with van der Waals surface area (Å²) in [6, 6.07) is 11.3. The van der Waals surface area contributed by atoms with Gasteiger partial charge in [-0.05, 0) is 5.56 Å². The van der Waals surface area contributed by atoms with Gasteiger partial charge < -0.3 is 4.90 Å². The second kappa shape index (κ2) is 3.97. The minimum Gasteiger partial charge on any atom is -0.362 e. The Balaban J connectivity index is 2.31. The van der Waals surface area contributed by atoms with Crippen molar-refractivity contribution < 1.29 is 0 Å². The zero-order chi connectivity index (χ0) is 11.9. The van der Waals surface area contributed by atoms with Crippen LogP contribution in [0.1, 0.15) is 11.6 Å². The second-order valence-corrected chi connectivity index (χ2v) is 11.4. The molecule has 1 fully saturated rings. The molecule has 1 saturated heterocycles. The lowest BCUT2D eigenvalue weighted by Gasteiger charge is -2.53. The molecule has 0 N–H and O–H groups in total. The van der Waals surface area contributed by atoms with Crippen LogP contribution in [0.4, 0.5) is 0 Å². The van der Waals surface area contributed by atoms with Crippen LogP contribution in [0.25, 0.3) is 0 Å². The van der Waals surface area contributed by atoms with Gasteiger partial charge in [-0.1, -0.05) is 62.2 Å². The minimum absolute atomic E-state index is 0.514. The standard InChI is InChI=1S/C13H19NSSi/c1-14-11(10-8-6-5-7-9-10)12(13(14)15)16(2,3)4/h5-9,11-12H,1-4H3/t11-,12-/m0/s1. The molecule has 2 atom stereocenters. The fraction of sp³-hybridized carbons (Fsp3) is 0.462. The van der Waals surface area contributed by atoms with Gasteiger partial charge in [0, 0.05) is 12.6 Å². The molecule has 0 aromatic heterocycles. The third-order valence-electron chi connectivity index (χ3n) is 3.42. The highest BCUT2D eigenvalue weighted by atomic mass is 32.1. The van der Waals surface area contributed by atoms with Gasteiger partial charge in [0.2, 0.25) is 0 Å². The van der Waals surface area contributed by atoms with E-state index in [0.29, 0.717) is 11.6 Å². The van der Waals surface area contributed by atoms with Crippen LogP contribution in [0.3, 0.4) is 0 Å². The zero-order valence-corrected chi connectivity index (χ0v) is 12.2. The first kappa shape index (κ1) is 11.8. The number of hydrogen-bond acceptors (Lipinski definition) is 1. The Kier molecular flexibility index (Phi) is 2.93. The van der Waals surface area contributed by atoms with E-state index in [1.807, 2.05) is 0 Å². The molecular formula is C13H19NSSi. The smallest absolute Gasteiger partial charge is 0.0809 e. The summed E-state index contributed by atoms with van der Waals surface area (Å²) in [7, 11) is 0.914. The van der Waals surface area contributed by atoms with Crippen molar-refractivity contribution in [3.8, 4) is 0 Å². The lowest BCUT2D eigenvalue weighted by molar-refractivity contribution is 0.306. The molecule has 3 heteroatoms. The summed E-state index contributed by atoms with van der Waals surface area (Å²) in [5.74, 6) is 0. The van der Waals surface area contributed by atoms with E-state index in [4.69, 9.17) is 12.2 Å².